The summed E-state index contributed by atoms with van der Waals surface area (Å²) in [5, 5.41) is 0. The van der Waals surface area contributed by atoms with Crippen LogP contribution in [0.15, 0.2) is 0 Å². The van der Waals surface area contributed by atoms with E-state index in [1.54, 1.807) is 0 Å². The van der Waals surface area contributed by atoms with Crippen molar-refractivity contribution >= 4 is 33.0 Å². The molecule has 2 nitrogen and oxygen atoms in total. The predicted molar refractivity (Wildman–Crippen MR) is 39.7 cm³/mol. The molecule has 0 saturated heterocycles. The zero-order valence-corrected chi connectivity index (χ0v) is 5.67. The molecule has 0 aliphatic rings. The highest BCUT2D eigenvalue weighted by Gasteiger charge is 1.82. The summed E-state index contributed by atoms with van der Waals surface area (Å²) in [6.45, 7) is 0.872. The Kier molecular flexibility index (Phi) is 7.34. The molecule has 0 atom stereocenters. The molecule has 0 spiro atoms. The van der Waals surface area contributed by atoms with E-state index in [9.17, 15) is 0 Å². The summed E-state index contributed by atoms with van der Waals surface area (Å²) in [6.07, 6.45) is 0.938. The minimum Gasteiger partial charge on any atom is -0.311 e. The number of nitrogens with one attached hydrogen (secondary N) is 2. The van der Waals surface area contributed by atoms with Gasteiger partial charge in [-0.1, -0.05) is 19.1 Å². The van der Waals surface area contributed by atoms with Crippen LogP contribution in [0.1, 0.15) is 0 Å². The molecule has 0 heterocycles. The Morgan fingerprint density at radius 1 is 1.43 bits per heavy atom. The molecule has 0 aromatic heterocycles. The summed E-state index contributed by atoms with van der Waals surface area (Å²) in [5.74, 6) is 0. The highest BCUT2D eigenvalue weighted by Crippen LogP contribution is 1.72. The molecular formula is C2H8BN2S2. The first-order valence-corrected chi connectivity index (χ1v) is 2.89. The molecule has 0 aliphatic heterocycles. The number of hydrogen-bond acceptors (Lipinski definition) is 4. The SMILES string of the molecule is SN[B]CCNS. The van der Waals surface area contributed by atoms with Crippen LogP contribution in [0.3, 0.4) is 0 Å². The lowest BCUT2D eigenvalue weighted by Crippen LogP contribution is -2.12. The van der Waals surface area contributed by atoms with Gasteiger partial charge in [-0.15, -0.1) is 12.8 Å². The van der Waals surface area contributed by atoms with Crippen LogP contribution in [0.25, 0.3) is 0 Å². The molecule has 2 N–H and O–H groups in total. The van der Waals surface area contributed by atoms with Crippen LogP contribution >= 0.6 is 25.6 Å². The molecule has 0 rings (SSSR count). The van der Waals surface area contributed by atoms with Crippen molar-refractivity contribution in [3.8, 4) is 0 Å². The molecule has 5 heteroatoms. The fourth-order valence-electron chi connectivity index (χ4n) is 0.201. The average molecular weight is 135 g/mol. The molecule has 0 fully saturated rings. The van der Waals surface area contributed by atoms with E-state index in [1.165, 1.54) is 0 Å². The Balaban J connectivity index is 2.45. The Morgan fingerprint density at radius 3 is 2.57 bits per heavy atom. The standard InChI is InChI=1S/C2H8BN2S2/c6-4-2-1-3-5-7/h4-7H,1-2H2. The largest absolute Gasteiger partial charge is 0.311 e. The first-order chi connectivity index (χ1) is 3.41. The topological polar surface area (TPSA) is 24.1 Å². The second-order valence-electron chi connectivity index (χ2n) is 1.03. The molecule has 0 amide bonds. The van der Waals surface area contributed by atoms with Gasteiger partial charge in [-0.3, -0.25) is 4.72 Å². The Labute approximate surface area is 55.8 Å². The van der Waals surface area contributed by atoms with E-state index >= 15 is 0 Å². The maximum atomic E-state index is 3.77. The van der Waals surface area contributed by atoms with Gasteiger partial charge in [0.2, 0.25) is 7.41 Å². The monoisotopic (exact) mass is 135 g/mol. The average Bonchev–Trinajstić information content (AvgIpc) is 1.69. The summed E-state index contributed by atoms with van der Waals surface area (Å²) in [6, 6.07) is 0. The molecule has 7 heavy (non-hydrogen) atoms. The van der Waals surface area contributed by atoms with Crippen molar-refractivity contribution in [3.63, 3.8) is 0 Å². The van der Waals surface area contributed by atoms with Gasteiger partial charge in [0.1, 0.15) is 0 Å². The van der Waals surface area contributed by atoms with Gasteiger partial charge in [-0.25, -0.2) is 0 Å². The normalized spacial score (nSPS) is 8.86. The van der Waals surface area contributed by atoms with Gasteiger partial charge in [0, 0.05) is 0 Å². The second-order valence-corrected chi connectivity index (χ2v) is 1.60. The maximum Gasteiger partial charge on any atom is 0.219 e. The van der Waals surface area contributed by atoms with E-state index in [-0.39, 0.29) is 0 Å². The van der Waals surface area contributed by atoms with Gasteiger partial charge in [0.25, 0.3) is 0 Å². The zero-order valence-electron chi connectivity index (χ0n) is 3.89. The Morgan fingerprint density at radius 2 is 2.14 bits per heavy atom. The van der Waals surface area contributed by atoms with Crippen LogP contribution in [0, 0.1) is 0 Å². The smallest absolute Gasteiger partial charge is 0.219 e. The minimum absolute atomic E-state index is 0.872. The third-order valence-corrected chi connectivity index (χ3v) is 0.898. The van der Waals surface area contributed by atoms with E-state index < -0.39 is 0 Å². The van der Waals surface area contributed by atoms with Crippen molar-refractivity contribution in [2.24, 2.45) is 0 Å². The summed E-state index contributed by atoms with van der Waals surface area (Å²) in [5.41, 5.74) is 0. The van der Waals surface area contributed by atoms with Crippen LogP contribution in [0.4, 0.5) is 0 Å². The predicted octanol–water partition coefficient (Wildman–Crippen LogP) is -0.107. The third kappa shape index (κ3) is 6.68. The second kappa shape index (κ2) is 6.68. The van der Waals surface area contributed by atoms with Gasteiger partial charge in [0.05, 0.1) is 0 Å². The van der Waals surface area contributed by atoms with E-state index in [4.69, 9.17) is 0 Å². The van der Waals surface area contributed by atoms with E-state index in [0.717, 1.165) is 12.9 Å². The molecule has 0 aromatic rings. The summed E-state index contributed by atoms with van der Waals surface area (Å²) >= 11 is 7.51. The lowest BCUT2D eigenvalue weighted by atomic mass is 9.92. The van der Waals surface area contributed by atoms with Gasteiger partial charge in [-0.2, -0.15) is 0 Å². The zero-order chi connectivity index (χ0) is 5.54. The van der Waals surface area contributed by atoms with E-state index in [1.807, 2.05) is 7.41 Å². The highest BCUT2D eigenvalue weighted by molar-refractivity contribution is 7.79. The number of hydrogen-bond donors (Lipinski definition) is 4. The maximum absolute atomic E-state index is 3.77. The fraction of sp³-hybridized carbons (Fsp3) is 1.00. The van der Waals surface area contributed by atoms with Crippen molar-refractivity contribution in [2.75, 3.05) is 6.54 Å². The lowest BCUT2D eigenvalue weighted by Gasteiger charge is -1.91. The van der Waals surface area contributed by atoms with Crippen molar-refractivity contribution < 1.29 is 0 Å². The Bertz CT molecular complexity index is 32.9. The molecule has 0 aliphatic carbocycles. The van der Waals surface area contributed by atoms with Crippen LogP contribution in [-0.2, 0) is 0 Å². The first kappa shape index (κ1) is 7.68. The van der Waals surface area contributed by atoms with Gasteiger partial charge in [0.15, 0.2) is 0 Å². The van der Waals surface area contributed by atoms with Crippen molar-refractivity contribution in [2.45, 2.75) is 6.32 Å². The Hall–Kier alpha value is 0.685. The van der Waals surface area contributed by atoms with Crippen LogP contribution in [0.5, 0.6) is 0 Å². The minimum atomic E-state index is 0.872. The molecule has 0 aromatic carbocycles. The molecule has 0 saturated carbocycles. The van der Waals surface area contributed by atoms with Crippen molar-refractivity contribution in [1.82, 2.24) is 9.36 Å². The van der Waals surface area contributed by atoms with Crippen molar-refractivity contribution in [1.29, 1.82) is 0 Å². The summed E-state index contributed by atoms with van der Waals surface area (Å²) in [4.78, 5) is 0. The van der Waals surface area contributed by atoms with Crippen LogP contribution in [-0.4, -0.2) is 14.0 Å². The molecule has 0 bridgehead atoms. The molecule has 41 valence electrons. The number of rotatable bonds is 4. The first-order valence-electron chi connectivity index (χ1n) is 2.00. The molecule has 1 radical (unpaired) electrons. The highest BCUT2D eigenvalue weighted by atomic mass is 32.1. The van der Waals surface area contributed by atoms with Gasteiger partial charge < -0.3 is 4.63 Å². The third-order valence-electron chi connectivity index (χ3n) is 0.492. The van der Waals surface area contributed by atoms with Crippen molar-refractivity contribution in [3.05, 3.63) is 0 Å². The molecular weight excluding hydrogens is 127 g/mol. The lowest BCUT2D eigenvalue weighted by molar-refractivity contribution is 1.03. The molecule has 0 unspecified atom stereocenters. The van der Waals surface area contributed by atoms with E-state index in [0.29, 0.717) is 0 Å². The van der Waals surface area contributed by atoms with Crippen LogP contribution < -0.4 is 9.36 Å². The van der Waals surface area contributed by atoms with Crippen LogP contribution in [0.2, 0.25) is 6.32 Å². The summed E-state index contributed by atoms with van der Waals surface area (Å²) in [7, 11) is 1.84. The summed E-state index contributed by atoms with van der Waals surface area (Å²) < 4.78 is 5.29. The number of thiol groups is 2. The van der Waals surface area contributed by atoms with Gasteiger partial charge in [-0.05, 0) is 6.54 Å². The van der Waals surface area contributed by atoms with E-state index in [2.05, 4.69) is 35.0 Å². The quantitative estimate of drug-likeness (QED) is 0.246. The van der Waals surface area contributed by atoms with Gasteiger partial charge >= 0.3 is 0 Å². The fourth-order valence-corrected chi connectivity index (χ4v) is 0.459.